The first kappa shape index (κ1) is 18.7. The molecule has 0 radical (unpaired) electrons. The molecule has 2 N–H and O–H groups in total. The third kappa shape index (κ3) is 3.35. The number of aromatic nitrogens is 6. The summed E-state index contributed by atoms with van der Waals surface area (Å²) in [5.41, 5.74) is 4.20. The highest BCUT2D eigenvalue weighted by Crippen LogP contribution is 2.30. The summed E-state index contributed by atoms with van der Waals surface area (Å²) in [5.74, 6) is -0.468. The number of carbonyl (C=O) groups is 1. The number of nitrogens with zero attached hydrogens (tertiary/aromatic N) is 5. The number of tetrazole rings is 1. The first-order valence-corrected chi connectivity index (χ1v) is 9.74. The van der Waals surface area contributed by atoms with Gasteiger partial charge in [-0.2, -0.15) is 5.21 Å². The van der Waals surface area contributed by atoms with Crippen LogP contribution in [-0.2, 0) is 17.8 Å². The minimum Gasteiger partial charge on any atom is -0.479 e. The number of aliphatic carboxylic acids is 1. The summed E-state index contributed by atoms with van der Waals surface area (Å²) in [5, 5.41) is 23.7. The summed E-state index contributed by atoms with van der Waals surface area (Å²) in [4.78, 5) is 24.2. The molecule has 0 bridgehead atoms. The average Bonchev–Trinajstić information content (AvgIpc) is 3.43. The molecule has 2 aromatic heterocycles. The van der Waals surface area contributed by atoms with E-state index < -0.39 is 12.0 Å². The lowest BCUT2D eigenvalue weighted by molar-refractivity contribution is -0.140. The second kappa shape index (κ2) is 7.52. The van der Waals surface area contributed by atoms with Gasteiger partial charge in [0.15, 0.2) is 6.04 Å². The highest BCUT2D eigenvalue weighted by Gasteiger charge is 2.24. The van der Waals surface area contributed by atoms with E-state index in [1.165, 1.54) is 9.36 Å². The number of fused-ring (bicyclic) bond motifs is 1. The van der Waals surface area contributed by atoms with E-state index in [2.05, 4.69) is 20.6 Å². The Morgan fingerprint density at radius 1 is 1.13 bits per heavy atom. The minimum absolute atomic E-state index is 0.165. The maximum atomic E-state index is 12.7. The van der Waals surface area contributed by atoms with Crippen molar-refractivity contribution >= 4 is 5.97 Å². The molecule has 2 aromatic carbocycles. The van der Waals surface area contributed by atoms with E-state index >= 15 is 0 Å². The van der Waals surface area contributed by atoms with Crippen LogP contribution in [0.3, 0.4) is 0 Å². The molecular weight excluding hydrogens is 396 g/mol. The van der Waals surface area contributed by atoms with Crippen LogP contribution in [0.4, 0.5) is 0 Å². The molecule has 0 saturated carbocycles. The SMILES string of the molecule is O=C(O)C1C=CCn2c(=O)c(Cc3ccc(-c4ccccc4-c4nn[nH]n4)cc3)cn21. The first-order chi connectivity index (χ1) is 15.1. The van der Waals surface area contributed by atoms with E-state index in [9.17, 15) is 14.7 Å². The molecule has 9 heteroatoms. The van der Waals surface area contributed by atoms with Gasteiger partial charge in [0.1, 0.15) is 0 Å². The molecule has 31 heavy (non-hydrogen) atoms. The van der Waals surface area contributed by atoms with Crippen molar-refractivity contribution < 1.29 is 9.90 Å². The van der Waals surface area contributed by atoms with Crippen molar-refractivity contribution in [2.45, 2.75) is 19.0 Å². The molecule has 0 amide bonds. The van der Waals surface area contributed by atoms with Crippen LogP contribution in [0, 0.1) is 0 Å². The number of allylic oxidation sites excluding steroid dienone is 1. The van der Waals surface area contributed by atoms with E-state index in [-0.39, 0.29) is 5.56 Å². The van der Waals surface area contributed by atoms with Crippen LogP contribution in [0.1, 0.15) is 17.2 Å². The van der Waals surface area contributed by atoms with Gasteiger partial charge >= 0.3 is 5.97 Å². The molecule has 0 fully saturated rings. The Kier molecular flexibility index (Phi) is 4.55. The average molecular weight is 414 g/mol. The van der Waals surface area contributed by atoms with E-state index in [1.54, 1.807) is 18.3 Å². The Balaban J connectivity index is 1.43. The Hall–Kier alpha value is -4.27. The first-order valence-electron chi connectivity index (χ1n) is 9.74. The van der Waals surface area contributed by atoms with Crippen LogP contribution >= 0.6 is 0 Å². The lowest BCUT2D eigenvalue weighted by atomic mass is 9.97. The number of H-pyrrole nitrogens is 1. The minimum atomic E-state index is -0.990. The van der Waals surface area contributed by atoms with Crippen LogP contribution in [-0.4, -0.2) is 41.1 Å². The molecule has 1 aliphatic heterocycles. The topological polar surface area (TPSA) is 119 Å². The summed E-state index contributed by atoms with van der Waals surface area (Å²) < 4.78 is 2.96. The number of rotatable bonds is 5. The molecule has 9 nitrogen and oxygen atoms in total. The van der Waals surface area contributed by atoms with Crippen molar-refractivity contribution in [1.29, 1.82) is 0 Å². The summed E-state index contributed by atoms with van der Waals surface area (Å²) in [6.07, 6.45) is 5.37. The lowest BCUT2D eigenvalue weighted by Gasteiger charge is -2.18. The summed E-state index contributed by atoms with van der Waals surface area (Å²) >= 11 is 0. The van der Waals surface area contributed by atoms with Crippen LogP contribution in [0.5, 0.6) is 0 Å². The normalized spacial score (nSPS) is 15.0. The lowest BCUT2D eigenvalue weighted by Crippen LogP contribution is -2.31. The van der Waals surface area contributed by atoms with Crippen molar-refractivity contribution in [3.8, 4) is 22.5 Å². The van der Waals surface area contributed by atoms with Crippen LogP contribution in [0.25, 0.3) is 22.5 Å². The van der Waals surface area contributed by atoms with Crippen LogP contribution < -0.4 is 5.56 Å². The largest absolute Gasteiger partial charge is 0.479 e. The Labute approximate surface area is 176 Å². The summed E-state index contributed by atoms with van der Waals surface area (Å²) in [6.45, 7) is 0.369. The van der Waals surface area contributed by atoms with Gasteiger partial charge in [0.25, 0.3) is 5.56 Å². The monoisotopic (exact) mass is 414 g/mol. The van der Waals surface area contributed by atoms with Gasteiger partial charge in [-0.05, 0) is 21.9 Å². The van der Waals surface area contributed by atoms with Gasteiger partial charge < -0.3 is 5.11 Å². The van der Waals surface area contributed by atoms with Gasteiger partial charge in [0, 0.05) is 23.7 Å². The highest BCUT2D eigenvalue weighted by molar-refractivity contribution is 5.80. The molecule has 0 spiro atoms. The van der Waals surface area contributed by atoms with Gasteiger partial charge in [-0.15, -0.1) is 10.2 Å². The van der Waals surface area contributed by atoms with Crippen molar-refractivity contribution in [3.63, 3.8) is 0 Å². The third-order valence-electron chi connectivity index (χ3n) is 5.38. The standard InChI is InChI=1S/C22H18N6O3/c29-21-16(13-28-19(22(30)31)6-3-11-27(21)28)12-14-7-9-15(10-8-14)17-4-1-2-5-18(17)20-23-25-26-24-20/h1-10,13,19H,11-12H2,(H,30,31)(H,23,24,25,26). The highest BCUT2D eigenvalue weighted by atomic mass is 16.4. The molecule has 1 aliphatic rings. The van der Waals surface area contributed by atoms with Gasteiger partial charge in [-0.25, -0.2) is 9.48 Å². The number of hydrogen-bond acceptors (Lipinski definition) is 5. The molecule has 3 heterocycles. The molecule has 5 rings (SSSR count). The molecular formula is C22H18N6O3. The van der Waals surface area contributed by atoms with E-state index in [0.717, 1.165) is 22.3 Å². The predicted molar refractivity (Wildman–Crippen MR) is 112 cm³/mol. The zero-order valence-electron chi connectivity index (χ0n) is 16.3. The number of nitrogens with one attached hydrogen (secondary N) is 1. The van der Waals surface area contributed by atoms with Crippen molar-refractivity contribution in [3.05, 3.63) is 88.4 Å². The molecule has 0 saturated heterocycles. The van der Waals surface area contributed by atoms with E-state index in [1.807, 2.05) is 48.5 Å². The van der Waals surface area contributed by atoms with Crippen molar-refractivity contribution in [2.24, 2.45) is 0 Å². The van der Waals surface area contributed by atoms with Crippen LogP contribution in [0.15, 0.2) is 71.7 Å². The zero-order valence-corrected chi connectivity index (χ0v) is 16.3. The fourth-order valence-electron chi connectivity index (χ4n) is 3.89. The number of hydrogen-bond donors (Lipinski definition) is 2. The molecule has 4 aromatic rings. The fourth-order valence-corrected chi connectivity index (χ4v) is 3.89. The number of aromatic amines is 1. The second-order valence-electron chi connectivity index (χ2n) is 7.29. The molecule has 1 unspecified atom stereocenters. The third-order valence-corrected chi connectivity index (χ3v) is 5.38. The Bertz CT molecular complexity index is 1330. The van der Waals surface area contributed by atoms with E-state index in [0.29, 0.717) is 24.4 Å². The second-order valence-corrected chi connectivity index (χ2v) is 7.29. The number of benzene rings is 2. The van der Waals surface area contributed by atoms with Crippen LogP contribution in [0.2, 0.25) is 0 Å². The summed E-state index contributed by atoms with van der Waals surface area (Å²) in [7, 11) is 0. The summed E-state index contributed by atoms with van der Waals surface area (Å²) in [6, 6.07) is 14.9. The predicted octanol–water partition coefficient (Wildman–Crippen LogP) is 2.28. The van der Waals surface area contributed by atoms with Crippen molar-refractivity contribution in [1.82, 2.24) is 30.0 Å². The zero-order chi connectivity index (χ0) is 21.4. The maximum Gasteiger partial charge on any atom is 0.332 e. The Morgan fingerprint density at radius 2 is 1.90 bits per heavy atom. The Morgan fingerprint density at radius 3 is 2.61 bits per heavy atom. The quantitative estimate of drug-likeness (QED) is 0.484. The fraction of sp³-hybridized carbons (Fsp3) is 0.136. The molecule has 154 valence electrons. The van der Waals surface area contributed by atoms with Gasteiger partial charge in [0.05, 0.1) is 6.54 Å². The number of carboxylic acids is 1. The smallest absolute Gasteiger partial charge is 0.332 e. The molecule has 1 atom stereocenters. The number of carboxylic acid groups (broad SMARTS) is 1. The maximum absolute atomic E-state index is 12.7. The van der Waals surface area contributed by atoms with Gasteiger partial charge in [-0.1, -0.05) is 60.7 Å². The van der Waals surface area contributed by atoms with Crippen molar-refractivity contribution in [2.75, 3.05) is 0 Å². The molecule has 0 aliphatic carbocycles. The van der Waals surface area contributed by atoms with Gasteiger partial charge in [-0.3, -0.25) is 9.48 Å². The van der Waals surface area contributed by atoms with Gasteiger partial charge in [0.2, 0.25) is 5.82 Å². The van der Waals surface area contributed by atoms with E-state index in [4.69, 9.17) is 0 Å².